The molecule has 0 bridgehead atoms. The highest BCUT2D eigenvalue weighted by atomic mass is 35.5. The van der Waals surface area contributed by atoms with Crippen LogP contribution in [0.5, 0.6) is 0 Å². The van der Waals surface area contributed by atoms with Crippen molar-refractivity contribution in [2.45, 2.75) is 46.1 Å². The molecule has 0 saturated carbocycles. The Balaban J connectivity index is 1.64. The topological polar surface area (TPSA) is 62.9 Å². The molecule has 8 heteroatoms. The number of aromatic nitrogens is 3. The van der Waals surface area contributed by atoms with E-state index in [1.807, 2.05) is 93.5 Å². The Morgan fingerprint density at radius 1 is 1.00 bits per heavy atom. The first-order valence-electron chi connectivity index (χ1n) is 13.5. The number of benzene rings is 2. The molecule has 4 aromatic rings. The van der Waals surface area contributed by atoms with Crippen molar-refractivity contribution in [3.63, 3.8) is 0 Å². The van der Waals surface area contributed by atoms with Gasteiger partial charge in [0, 0.05) is 24.3 Å². The number of amides is 1. The summed E-state index contributed by atoms with van der Waals surface area (Å²) < 4.78 is 3.18. The largest absolute Gasteiger partial charge is 0.349 e. The zero-order valence-electron chi connectivity index (χ0n) is 23.5. The highest BCUT2D eigenvalue weighted by molar-refractivity contribution is 6.34. The fraction of sp³-hybridized carbons (Fsp3) is 0.387. The molecule has 0 N–H and O–H groups in total. The fourth-order valence-corrected chi connectivity index (χ4v) is 5.10. The lowest BCUT2D eigenvalue weighted by Crippen LogP contribution is -2.35. The maximum absolute atomic E-state index is 13.6. The highest BCUT2D eigenvalue weighted by Gasteiger charge is 2.22. The molecule has 2 aromatic carbocycles. The second-order valence-electron chi connectivity index (χ2n) is 10.6. The molecule has 206 valence electrons. The molecule has 1 amide bonds. The molecule has 0 saturated heterocycles. The molecule has 2 heterocycles. The minimum atomic E-state index is -0.216. The van der Waals surface area contributed by atoms with E-state index in [2.05, 4.69) is 16.9 Å². The zero-order chi connectivity index (χ0) is 28.1. The van der Waals surface area contributed by atoms with Crippen LogP contribution in [0.4, 0.5) is 0 Å². The van der Waals surface area contributed by atoms with Crippen molar-refractivity contribution in [3.05, 3.63) is 104 Å². The van der Waals surface area contributed by atoms with E-state index in [4.69, 9.17) is 11.6 Å². The lowest BCUT2D eigenvalue weighted by molar-refractivity contribution is 0.0745. The molecule has 0 fully saturated rings. The van der Waals surface area contributed by atoms with Crippen LogP contribution in [-0.2, 0) is 6.54 Å². The van der Waals surface area contributed by atoms with Gasteiger partial charge in [0.1, 0.15) is 0 Å². The normalized spacial score (nSPS) is 12.3. The van der Waals surface area contributed by atoms with E-state index in [1.165, 1.54) is 4.52 Å². The summed E-state index contributed by atoms with van der Waals surface area (Å²) in [4.78, 5) is 31.2. The Hall–Kier alpha value is -3.42. The number of hydrogen-bond acceptors (Lipinski definition) is 4. The lowest BCUT2D eigenvalue weighted by Gasteiger charge is -2.26. The summed E-state index contributed by atoms with van der Waals surface area (Å²) in [5, 5.41) is 4.89. The van der Waals surface area contributed by atoms with Crippen LogP contribution in [0.25, 0.3) is 5.52 Å². The predicted molar refractivity (Wildman–Crippen MR) is 158 cm³/mol. The molecule has 0 radical (unpaired) electrons. The van der Waals surface area contributed by atoms with Crippen molar-refractivity contribution in [2.75, 3.05) is 33.7 Å². The van der Waals surface area contributed by atoms with Gasteiger partial charge in [-0.05, 0) is 77.0 Å². The summed E-state index contributed by atoms with van der Waals surface area (Å²) in [5.41, 5.74) is 4.71. The third kappa shape index (κ3) is 6.78. The molecular weight excluding hydrogens is 510 g/mol. The molecular formula is C31H38ClN5O2. The third-order valence-electron chi connectivity index (χ3n) is 7.14. The van der Waals surface area contributed by atoms with Gasteiger partial charge in [-0.3, -0.25) is 9.36 Å². The van der Waals surface area contributed by atoms with Crippen LogP contribution < -0.4 is 5.69 Å². The smallest absolute Gasteiger partial charge is 0.339 e. The molecule has 0 spiro atoms. The number of carbonyl (C=O) groups is 1. The minimum absolute atomic E-state index is 0.000608. The van der Waals surface area contributed by atoms with Crippen LogP contribution in [0, 0.1) is 13.8 Å². The van der Waals surface area contributed by atoms with E-state index in [1.54, 1.807) is 4.57 Å². The monoisotopic (exact) mass is 547 g/mol. The molecule has 7 nitrogen and oxygen atoms in total. The molecule has 0 aliphatic rings. The van der Waals surface area contributed by atoms with E-state index in [0.29, 0.717) is 47.9 Å². The molecule has 0 aliphatic heterocycles. The van der Waals surface area contributed by atoms with Gasteiger partial charge in [-0.1, -0.05) is 66.6 Å². The van der Waals surface area contributed by atoms with Crippen LogP contribution in [0.1, 0.15) is 58.6 Å². The summed E-state index contributed by atoms with van der Waals surface area (Å²) in [6.45, 7) is 8.50. The summed E-state index contributed by atoms with van der Waals surface area (Å²) in [6.07, 6.45) is 1.59. The van der Waals surface area contributed by atoms with Crippen molar-refractivity contribution >= 4 is 23.0 Å². The molecule has 1 unspecified atom stereocenters. The number of fused-ring (bicyclic) bond motifs is 1. The average Bonchev–Trinajstić information content (AvgIpc) is 3.20. The number of carbonyl (C=O) groups excluding carboxylic acids is 1. The number of aryl methyl sites for hydroxylation is 2. The molecule has 0 aliphatic carbocycles. The Bertz CT molecular complexity index is 1490. The van der Waals surface area contributed by atoms with Gasteiger partial charge in [0.05, 0.1) is 22.8 Å². The minimum Gasteiger partial charge on any atom is -0.339 e. The van der Waals surface area contributed by atoms with Crippen molar-refractivity contribution < 1.29 is 4.79 Å². The first kappa shape index (κ1) is 28.6. The standard InChI is InChI=1S/C31H38ClN5O2/c1-22-11-9-14-26(19-22)30(38)35(17-10-16-34(4)5)18-15-23(2)27-20-28-29(32)24(3)33-37(28)31(39)36(27)21-25-12-7-6-8-13-25/h6-9,11-14,19-20,23H,10,15-18,21H2,1-5H3. The molecule has 39 heavy (non-hydrogen) atoms. The van der Waals surface area contributed by atoms with Crippen LogP contribution >= 0.6 is 11.6 Å². The third-order valence-corrected chi connectivity index (χ3v) is 7.60. The molecule has 2 aromatic heterocycles. The summed E-state index contributed by atoms with van der Waals surface area (Å²) in [7, 11) is 4.08. The second kappa shape index (κ2) is 12.6. The fourth-order valence-electron chi connectivity index (χ4n) is 4.92. The van der Waals surface area contributed by atoms with Crippen molar-refractivity contribution in [2.24, 2.45) is 0 Å². The average molecular weight is 548 g/mol. The Labute approximate surface area is 235 Å². The summed E-state index contributed by atoms with van der Waals surface area (Å²) >= 11 is 6.55. The van der Waals surface area contributed by atoms with Crippen LogP contribution in [-0.4, -0.2) is 63.6 Å². The van der Waals surface area contributed by atoms with E-state index in [9.17, 15) is 9.59 Å². The number of nitrogens with zero attached hydrogens (tertiary/aromatic N) is 5. The van der Waals surface area contributed by atoms with E-state index in [-0.39, 0.29) is 17.5 Å². The Morgan fingerprint density at radius 3 is 2.44 bits per heavy atom. The van der Waals surface area contributed by atoms with Crippen molar-refractivity contribution in [3.8, 4) is 0 Å². The van der Waals surface area contributed by atoms with Crippen molar-refractivity contribution in [1.82, 2.24) is 24.0 Å². The highest BCUT2D eigenvalue weighted by Crippen LogP contribution is 2.26. The second-order valence-corrected chi connectivity index (χ2v) is 11.0. The van der Waals surface area contributed by atoms with Gasteiger partial charge in [0.25, 0.3) is 5.91 Å². The van der Waals surface area contributed by atoms with E-state index < -0.39 is 0 Å². The van der Waals surface area contributed by atoms with Gasteiger partial charge in [0.2, 0.25) is 0 Å². The summed E-state index contributed by atoms with van der Waals surface area (Å²) in [6, 6.07) is 19.7. The number of rotatable bonds is 11. The predicted octanol–water partition coefficient (Wildman–Crippen LogP) is 5.40. The van der Waals surface area contributed by atoms with Crippen molar-refractivity contribution in [1.29, 1.82) is 0 Å². The molecule has 1 atom stereocenters. The number of halogens is 1. The molecule has 4 rings (SSSR count). The van der Waals surface area contributed by atoms with Gasteiger partial charge in [-0.2, -0.15) is 9.61 Å². The van der Waals surface area contributed by atoms with Gasteiger partial charge in [0.15, 0.2) is 0 Å². The Morgan fingerprint density at radius 2 is 1.74 bits per heavy atom. The first-order valence-corrected chi connectivity index (χ1v) is 13.9. The number of hydrogen-bond donors (Lipinski definition) is 0. The maximum Gasteiger partial charge on any atom is 0.349 e. The van der Waals surface area contributed by atoms with Gasteiger partial charge < -0.3 is 9.80 Å². The Kier molecular flexibility index (Phi) is 9.25. The van der Waals surface area contributed by atoms with Gasteiger partial charge in [-0.15, -0.1) is 0 Å². The van der Waals surface area contributed by atoms with E-state index in [0.717, 1.165) is 29.8 Å². The van der Waals surface area contributed by atoms with Crippen LogP contribution in [0.2, 0.25) is 5.02 Å². The quantitative estimate of drug-likeness (QED) is 0.252. The maximum atomic E-state index is 13.6. The zero-order valence-corrected chi connectivity index (χ0v) is 24.3. The summed E-state index contributed by atoms with van der Waals surface area (Å²) in [5.74, 6) is 0.0376. The van der Waals surface area contributed by atoms with Crippen LogP contribution in [0.3, 0.4) is 0 Å². The SMILES string of the molecule is Cc1cccc(C(=O)N(CCCN(C)C)CCC(C)c2cc3c(Cl)c(C)nn3c(=O)n2Cc2ccccc2)c1. The van der Waals surface area contributed by atoms with E-state index >= 15 is 0 Å². The van der Waals surface area contributed by atoms with Gasteiger partial charge in [-0.25, -0.2) is 4.79 Å². The van der Waals surface area contributed by atoms with Gasteiger partial charge >= 0.3 is 5.69 Å². The first-order chi connectivity index (χ1) is 18.7. The lowest BCUT2D eigenvalue weighted by atomic mass is 10.0. The van der Waals surface area contributed by atoms with Crippen LogP contribution in [0.15, 0.2) is 65.5 Å².